The quantitative estimate of drug-likeness (QED) is 0.756. The molecule has 1 aromatic carbocycles. The molecule has 2 aliphatic rings. The zero-order chi connectivity index (χ0) is 20.9. The summed E-state index contributed by atoms with van der Waals surface area (Å²) in [6.07, 6.45) is 1.21. The molecule has 1 saturated heterocycles. The highest BCUT2D eigenvalue weighted by Crippen LogP contribution is 2.26. The van der Waals surface area contributed by atoms with E-state index in [1.807, 2.05) is 0 Å². The number of nitrogens with one attached hydrogen (secondary N) is 1. The van der Waals surface area contributed by atoms with Gasteiger partial charge in [0.15, 0.2) is 11.3 Å². The van der Waals surface area contributed by atoms with E-state index in [0.29, 0.717) is 11.0 Å². The number of hydrogen-bond donors (Lipinski definition) is 1. The van der Waals surface area contributed by atoms with Crippen LogP contribution in [0.5, 0.6) is 0 Å². The maximum Gasteiger partial charge on any atom is 0.341 e. The van der Waals surface area contributed by atoms with Gasteiger partial charge in [-0.3, -0.25) is 24.2 Å². The Morgan fingerprint density at radius 3 is 2.38 bits per heavy atom. The average molecular weight is 396 g/mol. The summed E-state index contributed by atoms with van der Waals surface area (Å²) in [6.45, 7) is 0. The van der Waals surface area contributed by atoms with Gasteiger partial charge in [0.05, 0.1) is 17.0 Å². The highest BCUT2D eigenvalue weighted by molar-refractivity contribution is 6.28. The lowest BCUT2D eigenvalue weighted by molar-refractivity contribution is -0.144. The fourth-order valence-corrected chi connectivity index (χ4v) is 3.51. The second kappa shape index (κ2) is 6.66. The molecular weight excluding hydrogens is 380 g/mol. The molecule has 0 saturated carbocycles. The van der Waals surface area contributed by atoms with Gasteiger partial charge in [0.25, 0.3) is 0 Å². The number of hydrogen-bond acceptors (Lipinski definition) is 6. The maximum atomic E-state index is 12.8. The molecule has 3 heterocycles. The summed E-state index contributed by atoms with van der Waals surface area (Å²) in [5.41, 5.74) is 0.242. The molecule has 0 aliphatic carbocycles. The first kappa shape index (κ1) is 18.5. The minimum absolute atomic E-state index is 0.00694. The van der Waals surface area contributed by atoms with E-state index < -0.39 is 35.8 Å². The standard InChI is InChI=1S/C19H16N4O6/c1-22-16(25)14(17(26)23(2)19(22)28)12-7-11(20-18(27)21-12)10-8-29-13-6-4-3-5-9(13)15(10)24/h3-6,8,11,14H,7H2,1-2H3,(H,20,27). The fourth-order valence-electron chi connectivity index (χ4n) is 3.51. The Morgan fingerprint density at radius 1 is 1.03 bits per heavy atom. The van der Waals surface area contributed by atoms with Crippen LogP contribution in [0.3, 0.4) is 0 Å². The number of nitrogens with zero attached hydrogens (tertiary/aromatic N) is 3. The lowest BCUT2D eigenvalue weighted by Gasteiger charge is -2.35. The number of fused-ring (bicyclic) bond motifs is 1. The molecule has 1 unspecified atom stereocenters. The number of para-hydroxylation sites is 1. The van der Waals surface area contributed by atoms with Crippen molar-refractivity contribution >= 4 is 40.6 Å². The molecule has 2 aliphatic heterocycles. The molecule has 0 radical (unpaired) electrons. The van der Waals surface area contributed by atoms with E-state index in [4.69, 9.17) is 4.42 Å². The molecule has 10 heteroatoms. The third-order valence-corrected chi connectivity index (χ3v) is 5.10. The number of barbiturate groups is 1. The normalized spacial score (nSPS) is 20.9. The predicted molar refractivity (Wildman–Crippen MR) is 100 cm³/mol. The molecule has 10 nitrogen and oxygen atoms in total. The van der Waals surface area contributed by atoms with E-state index in [1.54, 1.807) is 24.3 Å². The monoisotopic (exact) mass is 396 g/mol. The Balaban J connectivity index is 1.72. The van der Waals surface area contributed by atoms with Crippen molar-refractivity contribution in [2.75, 3.05) is 14.1 Å². The molecule has 4 rings (SSSR count). The van der Waals surface area contributed by atoms with Crippen LogP contribution >= 0.6 is 0 Å². The van der Waals surface area contributed by atoms with E-state index >= 15 is 0 Å². The lowest BCUT2D eigenvalue weighted by atomic mass is 9.90. The van der Waals surface area contributed by atoms with Gasteiger partial charge in [-0.2, -0.15) is 0 Å². The minimum atomic E-state index is -1.40. The largest absolute Gasteiger partial charge is 0.464 e. The van der Waals surface area contributed by atoms with Gasteiger partial charge in [0, 0.05) is 26.2 Å². The molecule has 1 fully saturated rings. The molecule has 2 aromatic rings. The zero-order valence-corrected chi connectivity index (χ0v) is 15.5. The summed E-state index contributed by atoms with van der Waals surface area (Å²) in [6, 6.07) is 4.30. The summed E-state index contributed by atoms with van der Waals surface area (Å²) < 4.78 is 5.50. The molecule has 1 atom stereocenters. The van der Waals surface area contributed by atoms with Crippen molar-refractivity contribution in [2.45, 2.75) is 12.5 Å². The molecule has 0 spiro atoms. The summed E-state index contributed by atoms with van der Waals surface area (Å²) in [7, 11) is 2.50. The predicted octanol–water partition coefficient (Wildman–Crippen LogP) is 1.05. The molecule has 148 valence electrons. The topological polar surface area (TPSA) is 129 Å². The Labute approximate surface area is 163 Å². The van der Waals surface area contributed by atoms with Crippen molar-refractivity contribution in [3.05, 3.63) is 46.3 Å². The second-order valence-corrected chi connectivity index (χ2v) is 6.84. The average Bonchev–Trinajstić information content (AvgIpc) is 2.71. The third-order valence-electron chi connectivity index (χ3n) is 5.10. The van der Waals surface area contributed by atoms with Gasteiger partial charge < -0.3 is 9.73 Å². The van der Waals surface area contributed by atoms with Crippen LogP contribution in [0.2, 0.25) is 0 Å². The van der Waals surface area contributed by atoms with Crippen LogP contribution in [-0.2, 0) is 9.59 Å². The third kappa shape index (κ3) is 2.89. The highest BCUT2D eigenvalue weighted by atomic mass is 16.3. The molecule has 1 aromatic heterocycles. The van der Waals surface area contributed by atoms with Gasteiger partial charge in [0.2, 0.25) is 11.8 Å². The van der Waals surface area contributed by atoms with Crippen molar-refractivity contribution < 1.29 is 23.6 Å². The number of amides is 6. The van der Waals surface area contributed by atoms with Gasteiger partial charge >= 0.3 is 12.1 Å². The Kier molecular flexibility index (Phi) is 4.26. The van der Waals surface area contributed by atoms with Gasteiger partial charge in [0.1, 0.15) is 11.8 Å². The Bertz CT molecular complexity index is 1140. The first-order chi connectivity index (χ1) is 13.8. The molecule has 29 heavy (non-hydrogen) atoms. The summed E-state index contributed by atoms with van der Waals surface area (Å²) in [5.74, 6) is -2.93. The van der Waals surface area contributed by atoms with Crippen molar-refractivity contribution in [3.8, 4) is 0 Å². The van der Waals surface area contributed by atoms with Crippen LogP contribution in [0.4, 0.5) is 9.59 Å². The van der Waals surface area contributed by atoms with Crippen molar-refractivity contribution in [3.63, 3.8) is 0 Å². The lowest BCUT2D eigenvalue weighted by Crippen LogP contribution is -2.59. The van der Waals surface area contributed by atoms with Crippen LogP contribution in [0.1, 0.15) is 18.0 Å². The van der Waals surface area contributed by atoms with E-state index in [0.717, 1.165) is 9.80 Å². The molecule has 6 amide bonds. The maximum absolute atomic E-state index is 12.8. The number of rotatable bonds is 2. The molecule has 0 bridgehead atoms. The number of carbonyl (C=O) groups is 4. The van der Waals surface area contributed by atoms with E-state index in [9.17, 15) is 24.0 Å². The highest BCUT2D eigenvalue weighted by Gasteiger charge is 2.46. The molecular formula is C19H16N4O6. The Hall–Kier alpha value is -3.82. The zero-order valence-electron chi connectivity index (χ0n) is 15.5. The van der Waals surface area contributed by atoms with Crippen LogP contribution in [0, 0.1) is 5.92 Å². The van der Waals surface area contributed by atoms with Crippen LogP contribution in [-0.4, -0.2) is 53.5 Å². The second-order valence-electron chi connectivity index (χ2n) is 6.84. The van der Waals surface area contributed by atoms with E-state index in [-0.39, 0.29) is 23.1 Å². The fraction of sp³-hybridized carbons (Fsp3) is 0.263. The first-order valence-corrected chi connectivity index (χ1v) is 8.77. The first-order valence-electron chi connectivity index (χ1n) is 8.77. The molecule has 1 N–H and O–H groups in total. The van der Waals surface area contributed by atoms with Crippen LogP contribution < -0.4 is 10.7 Å². The number of carbonyl (C=O) groups excluding carboxylic acids is 4. The summed E-state index contributed by atoms with van der Waals surface area (Å²) >= 11 is 0. The van der Waals surface area contributed by atoms with Gasteiger partial charge in [-0.15, -0.1) is 0 Å². The number of imide groups is 2. The van der Waals surface area contributed by atoms with E-state index in [1.165, 1.54) is 20.4 Å². The van der Waals surface area contributed by atoms with Gasteiger partial charge in [-0.1, -0.05) is 12.1 Å². The summed E-state index contributed by atoms with van der Waals surface area (Å²) in [5, 5.41) is 2.91. The van der Waals surface area contributed by atoms with E-state index in [2.05, 4.69) is 10.3 Å². The van der Waals surface area contributed by atoms with Crippen molar-refractivity contribution in [1.82, 2.24) is 15.1 Å². The smallest absolute Gasteiger partial charge is 0.341 e. The van der Waals surface area contributed by atoms with Crippen molar-refractivity contribution in [1.29, 1.82) is 0 Å². The number of benzene rings is 1. The van der Waals surface area contributed by atoms with Crippen LogP contribution in [0.15, 0.2) is 44.7 Å². The van der Waals surface area contributed by atoms with Crippen LogP contribution in [0.25, 0.3) is 11.0 Å². The minimum Gasteiger partial charge on any atom is -0.464 e. The summed E-state index contributed by atoms with van der Waals surface area (Å²) in [4.78, 5) is 67.4. The number of urea groups is 2. The van der Waals surface area contributed by atoms with Gasteiger partial charge in [-0.05, 0) is 12.1 Å². The van der Waals surface area contributed by atoms with Crippen molar-refractivity contribution in [2.24, 2.45) is 10.9 Å². The Morgan fingerprint density at radius 2 is 1.69 bits per heavy atom. The van der Waals surface area contributed by atoms with Gasteiger partial charge in [-0.25, -0.2) is 14.6 Å². The number of aliphatic imine (C=N–C) groups is 1. The SMILES string of the molecule is CN1C(=O)C(C2=NC(=O)NC(c3coc4ccccc4c3=O)C2)C(=O)N(C)C1=O.